The zero-order valence-electron chi connectivity index (χ0n) is 11.3. The number of nitrogens with one attached hydrogen (secondary N) is 2. The number of amides is 1. The molecule has 0 aliphatic carbocycles. The fourth-order valence-corrected chi connectivity index (χ4v) is 1.62. The summed E-state index contributed by atoms with van der Waals surface area (Å²) < 4.78 is 0. The predicted molar refractivity (Wildman–Crippen MR) is 69.3 cm³/mol. The van der Waals surface area contributed by atoms with Crippen molar-refractivity contribution in [1.82, 2.24) is 15.3 Å². The van der Waals surface area contributed by atoms with E-state index >= 15 is 0 Å². The summed E-state index contributed by atoms with van der Waals surface area (Å²) in [5.41, 5.74) is 5.89. The number of imidazole rings is 1. The molecule has 1 aromatic heterocycles. The average Bonchev–Trinajstić information content (AvgIpc) is 2.75. The van der Waals surface area contributed by atoms with Gasteiger partial charge in [-0.2, -0.15) is 0 Å². The number of nitrogens with zero attached hydrogens (tertiary/aromatic N) is 1. The van der Waals surface area contributed by atoms with Gasteiger partial charge in [-0.1, -0.05) is 20.8 Å². The molecule has 0 spiro atoms. The van der Waals surface area contributed by atoms with Crippen LogP contribution in [0.5, 0.6) is 0 Å². The van der Waals surface area contributed by atoms with E-state index in [0.29, 0.717) is 0 Å². The molecule has 0 aliphatic rings. The molecular formula is C12H20N4O3. The van der Waals surface area contributed by atoms with Gasteiger partial charge in [0.1, 0.15) is 6.04 Å². The van der Waals surface area contributed by atoms with Crippen LogP contribution in [-0.2, 0) is 16.0 Å². The maximum Gasteiger partial charge on any atom is 0.326 e. The Morgan fingerprint density at radius 3 is 2.58 bits per heavy atom. The van der Waals surface area contributed by atoms with Crippen LogP contribution in [0, 0.1) is 5.41 Å². The number of aromatic nitrogens is 2. The molecule has 5 N–H and O–H groups in total. The lowest BCUT2D eigenvalue weighted by Gasteiger charge is -2.28. The molecule has 1 aromatic rings. The number of hydrogen-bond donors (Lipinski definition) is 4. The standard InChI is InChI=1S/C12H20N4O3/c1-12(2,3)9(11(18)19)16-10(17)8(13)4-7-5-14-6-15-7/h5-6,8-9H,4,13H2,1-3H3,(H,14,15)(H,16,17)(H,18,19)/t8-,9+/m0/s1. The van der Waals surface area contributed by atoms with Gasteiger partial charge >= 0.3 is 5.97 Å². The molecule has 106 valence electrons. The van der Waals surface area contributed by atoms with E-state index in [1.165, 1.54) is 6.33 Å². The molecule has 1 heterocycles. The van der Waals surface area contributed by atoms with E-state index in [9.17, 15) is 9.59 Å². The first-order valence-corrected chi connectivity index (χ1v) is 5.98. The van der Waals surface area contributed by atoms with Crippen LogP contribution in [-0.4, -0.2) is 39.0 Å². The van der Waals surface area contributed by atoms with Gasteiger partial charge in [0, 0.05) is 18.3 Å². The van der Waals surface area contributed by atoms with E-state index < -0.39 is 29.4 Å². The monoisotopic (exact) mass is 268 g/mol. The largest absolute Gasteiger partial charge is 0.480 e. The molecule has 0 aromatic carbocycles. The molecule has 0 radical (unpaired) electrons. The number of hydrogen-bond acceptors (Lipinski definition) is 4. The van der Waals surface area contributed by atoms with Crippen molar-refractivity contribution in [2.24, 2.45) is 11.1 Å². The number of nitrogens with two attached hydrogens (primary N) is 1. The highest BCUT2D eigenvalue weighted by Crippen LogP contribution is 2.19. The summed E-state index contributed by atoms with van der Waals surface area (Å²) in [4.78, 5) is 29.7. The lowest BCUT2D eigenvalue weighted by molar-refractivity contribution is -0.145. The van der Waals surface area contributed by atoms with Crippen LogP contribution >= 0.6 is 0 Å². The highest BCUT2D eigenvalue weighted by atomic mass is 16.4. The molecule has 0 bridgehead atoms. The Hall–Kier alpha value is -1.89. The Kier molecular flexibility index (Phi) is 4.66. The van der Waals surface area contributed by atoms with Gasteiger partial charge < -0.3 is 21.1 Å². The van der Waals surface area contributed by atoms with Crippen LogP contribution < -0.4 is 11.1 Å². The first kappa shape index (κ1) is 15.2. The first-order chi connectivity index (χ1) is 8.71. The van der Waals surface area contributed by atoms with Crippen LogP contribution in [0.15, 0.2) is 12.5 Å². The van der Waals surface area contributed by atoms with Gasteiger partial charge in [-0.25, -0.2) is 9.78 Å². The second-order valence-electron chi connectivity index (χ2n) is 5.53. The van der Waals surface area contributed by atoms with E-state index in [4.69, 9.17) is 10.8 Å². The van der Waals surface area contributed by atoms with Gasteiger partial charge in [-0.3, -0.25) is 4.79 Å². The molecule has 19 heavy (non-hydrogen) atoms. The maximum absolute atomic E-state index is 11.9. The molecule has 1 rings (SSSR count). The zero-order chi connectivity index (χ0) is 14.6. The van der Waals surface area contributed by atoms with Crippen molar-refractivity contribution in [3.8, 4) is 0 Å². The predicted octanol–water partition coefficient (Wildman–Crippen LogP) is -0.105. The van der Waals surface area contributed by atoms with Crippen molar-refractivity contribution in [1.29, 1.82) is 0 Å². The number of carboxylic acid groups (broad SMARTS) is 1. The Morgan fingerprint density at radius 1 is 1.53 bits per heavy atom. The summed E-state index contributed by atoms with van der Waals surface area (Å²) in [7, 11) is 0. The molecule has 0 saturated carbocycles. The van der Waals surface area contributed by atoms with Crippen LogP contribution in [0.3, 0.4) is 0 Å². The molecule has 1 amide bonds. The molecule has 0 fully saturated rings. The summed E-state index contributed by atoms with van der Waals surface area (Å²) in [6, 6.07) is -1.79. The zero-order valence-corrected chi connectivity index (χ0v) is 11.3. The van der Waals surface area contributed by atoms with Crippen molar-refractivity contribution in [3.63, 3.8) is 0 Å². The highest BCUT2D eigenvalue weighted by molar-refractivity contribution is 5.87. The van der Waals surface area contributed by atoms with Gasteiger partial charge in [0.15, 0.2) is 0 Å². The van der Waals surface area contributed by atoms with Crippen molar-refractivity contribution in [3.05, 3.63) is 18.2 Å². The summed E-state index contributed by atoms with van der Waals surface area (Å²) >= 11 is 0. The summed E-state index contributed by atoms with van der Waals surface area (Å²) in [6.07, 6.45) is 3.35. The Balaban J connectivity index is 2.64. The van der Waals surface area contributed by atoms with E-state index in [1.54, 1.807) is 27.0 Å². The molecule has 7 heteroatoms. The first-order valence-electron chi connectivity index (χ1n) is 5.98. The molecule has 0 saturated heterocycles. The van der Waals surface area contributed by atoms with E-state index in [2.05, 4.69) is 15.3 Å². The third-order valence-corrected chi connectivity index (χ3v) is 2.73. The van der Waals surface area contributed by atoms with Crippen LogP contribution in [0.4, 0.5) is 0 Å². The van der Waals surface area contributed by atoms with Gasteiger partial charge in [0.25, 0.3) is 0 Å². The van der Waals surface area contributed by atoms with E-state index in [-0.39, 0.29) is 6.42 Å². The van der Waals surface area contributed by atoms with Crippen molar-refractivity contribution >= 4 is 11.9 Å². The minimum absolute atomic E-state index is 0.280. The fraction of sp³-hybridized carbons (Fsp3) is 0.583. The van der Waals surface area contributed by atoms with E-state index in [1.807, 2.05) is 0 Å². The average molecular weight is 268 g/mol. The Labute approximate surface area is 111 Å². The fourth-order valence-electron chi connectivity index (χ4n) is 1.62. The van der Waals surface area contributed by atoms with Crippen LogP contribution in [0.1, 0.15) is 26.5 Å². The smallest absolute Gasteiger partial charge is 0.326 e. The number of aromatic amines is 1. The third kappa shape index (κ3) is 4.36. The number of carbonyl (C=O) groups excluding carboxylic acids is 1. The van der Waals surface area contributed by atoms with Crippen molar-refractivity contribution in [2.45, 2.75) is 39.3 Å². The van der Waals surface area contributed by atoms with Gasteiger partial charge in [-0.15, -0.1) is 0 Å². The molecular weight excluding hydrogens is 248 g/mol. The molecule has 2 atom stereocenters. The number of aliphatic carboxylic acids is 1. The van der Waals surface area contributed by atoms with Crippen LogP contribution in [0.2, 0.25) is 0 Å². The summed E-state index contributed by atoms with van der Waals surface area (Å²) in [5.74, 6) is -1.56. The topological polar surface area (TPSA) is 121 Å². The minimum Gasteiger partial charge on any atom is -0.480 e. The van der Waals surface area contributed by atoms with Gasteiger partial charge in [-0.05, 0) is 5.41 Å². The number of carboxylic acids is 1. The number of rotatable bonds is 5. The lowest BCUT2D eigenvalue weighted by Crippen LogP contribution is -2.54. The second kappa shape index (κ2) is 5.83. The quantitative estimate of drug-likeness (QED) is 0.594. The van der Waals surface area contributed by atoms with Crippen LogP contribution in [0.25, 0.3) is 0 Å². The lowest BCUT2D eigenvalue weighted by atomic mass is 9.86. The third-order valence-electron chi connectivity index (χ3n) is 2.73. The molecule has 7 nitrogen and oxygen atoms in total. The van der Waals surface area contributed by atoms with Gasteiger partial charge in [0.05, 0.1) is 12.4 Å². The highest BCUT2D eigenvalue weighted by Gasteiger charge is 2.33. The number of carbonyl (C=O) groups is 2. The summed E-state index contributed by atoms with van der Waals surface area (Å²) in [5, 5.41) is 11.6. The van der Waals surface area contributed by atoms with Crippen molar-refractivity contribution < 1.29 is 14.7 Å². The minimum atomic E-state index is -1.07. The second-order valence-corrected chi connectivity index (χ2v) is 5.53. The number of H-pyrrole nitrogens is 1. The Bertz CT molecular complexity index is 436. The van der Waals surface area contributed by atoms with Crippen molar-refractivity contribution in [2.75, 3.05) is 0 Å². The maximum atomic E-state index is 11.9. The molecule has 0 unspecified atom stereocenters. The van der Waals surface area contributed by atoms with Gasteiger partial charge in [0.2, 0.25) is 5.91 Å². The normalized spacial score (nSPS) is 14.7. The summed E-state index contributed by atoms with van der Waals surface area (Å²) in [6.45, 7) is 5.23. The van der Waals surface area contributed by atoms with E-state index in [0.717, 1.165) is 5.69 Å². The Morgan fingerprint density at radius 2 is 2.16 bits per heavy atom. The molecule has 0 aliphatic heterocycles. The SMILES string of the molecule is CC(C)(C)[C@H](NC(=O)[C@@H](N)Cc1cnc[nH]1)C(=O)O.